The third-order valence-corrected chi connectivity index (χ3v) is 13.1. The van der Waals surface area contributed by atoms with Gasteiger partial charge in [-0.1, -0.05) is 12.1 Å². The number of imidazole rings is 3. The zero-order chi connectivity index (χ0) is 60.9. The fraction of sp³-hybridized carbons (Fsp3) is 0.136. The Morgan fingerprint density at radius 3 is 1.44 bits per heavy atom. The fourth-order valence-electron chi connectivity index (χ4n) is 9.02. The molecule has 0 saturated carbocycles. The smallest absolute Gasteiger partial charge is 0.321 e. The lowest BCUT2D eigenvalue weighted by Gasteiger charge is -2.08. The molecule has 10 aromatic heterocycles. The van der Waals surface area contributed by atoms with Crippen molar-refractivity contribution < 1.29 is 19.1 Å². The molecule has 0 aliphatic carbocycles. The maximum Gasteiger partial charge on any atom is 0.321 e. The zero-order valence-electron chi connectivity index (χ0n) is 47.7. The van der Waals surface area contributed by atoms with Crippen molar-refractivity contribution in [1.82, 2.24) is 105 Å². The molecule has 0 radical (unpaired) electrons. The highest BCUT2D eigenvalue weighted by atomic mass is 16.5. The minimum Gasteiger partial charge on any atom is -0.459 e. The number of fused-ring (bicyclic) bond motifs is 3. The number of H-pyrrole nitrogens is 3. The highest BCUT2D eigenvalue weighted by Crippen LogP contribution is 2.32. The average molecular weight is 1180 g/mol. The maximum absolute atomic E-state index is 12.0. The lowest BCUT2D eigenvalue weighted by Crippen LogP contribution is -2.28. The van der Waals surface area contributed by atoms with E-state index in [0.29, 0.717) is 60.6 Å². The van der Waals surface area contributed by atoms with E-state index >= 15 is 0 Å². The van der Waals surface area contributed by atoms with E-state index in [1.165, 1.54) is 10.9 Å². The second-order valence-corrected chi connectivity index (χ2v) is 19.1. The van der Waals surface area contributed by atoms with Gasteiger partial charge in [-0.3, -0.25) is 30.7 Å². The van der Waals surface area contributed by atoms with Crippen LogP contribution in [0.5, 0.6) is 6.01 Å². The third-order valence-electron chi connectivity index (χ3n) is 13.1. The van der Waals surface area contributed by atoms with Gasteiger partial charge in [-0.25, -0.2) is 58.3 Å². The highest BCUT2D eigenvalue weighted by molar-refractivity contribution is 5.97. The van der Waals surface area contributed by atoms with Crippen molar-refractivity contribution >= 4 is 69.0 Å². The summed E-state index contributed by atoms with van der Waals surface area (Å²) in [6.07, 6.45) is 22.2. The Kier molecular flexibility index (Phi) is 17.2. The van der Waals surface area contributed by atoms with Crippen LogP contribution >= 0.6 is 0 Å². The molecule has 0 saturated heterocycles. The van der Waals surface area contributed by atoms with Crippen LogP contribution in [0.2, 0.25) is 0 Å². The Bertz CT molecular complexity index is 4560. The number of hydrogen-bond donors (Lipinski definition) is 9. The number of aromatic nitrogens is 18. The molecule has 88 heavy (non-hydrogen) atoms. The summed E-state index contributed by atoms with van der Waals surface area (Å²) in [5, 5.41) is 29.0. The number of rotatable bonds is 15. The van der Waals surface area contributed by atoms with Gasteiger partial charge in [0.1, 0.15) is 35.8 Å². The van der Waals surface area contributed by atoms with Crippen molar-refractivity contribution in [2.24, 2.45) is 7.05 Å². The standard InChI is InChI=1S/C23H21N9O2.C19H19N7O2.C17H16N8O/c1-2-25-22(33)31-21-29-18-9-16(10-19(20(18)30-21)32-8-4-7-28-32)17-12-26-23(27-13-17)34-14-15-5-3-6-24-11-15;1-3-20-19(28)24-18-22-14-9-13(12-5-8-25(2)16(27)11-12)10-15(17(14)23-18)26-7-4-6-21-26;1-2-20-17(26)24-16-22-13-6-12(11-4-3-5-18-8-11)7-14(15(13)23-16)25-10-19-9-21-25/h3-13H,2,14H2,1H3,(H3,25,29,30,31,33);4-11H,3H2,1-2H3,(H3,20,22,23,24,28);3-10H,2H2,1H3,(H3,20,22,23,24,26). The molecule has 29 nitrogen and oxygen atoms in total. The number of nitrogens with one attached hydrogen (secondary N) is 9. The molecule has 0 unspecified atom stereocenters. The van der Waals surface area contributed by atoms with Gasteiger partial charge >= 0.3 is 24.1 Å². The summed E-state index contributed by atoms with van der Waals surface area (Å²) in [7, 11) is 1.71. The average Bonchev–Trinajstić information content (AvgIpc) is 2.17. The molecule has 6 amide bonds. The molecule has 13 aromatic rings. The molecule has 0 spiro atoms. The number of amides is 6. The molecular weight excluding hydrogens is 1120 g/mol. The van der Waals surface area contributed by atoms with Crippen LogP contribution in [-0.2, 0) is 13.7 Å². The van der Waals surface area contributed by atoms with E-state index in [2.05, 4.69) is 102 Å². The number of nitrogens with zero attached hydrogens (tertiary/aromatic N) is 15. The Balaban J connectivity index is 0.000000138. The molecular formula is C59H56N24O5. The first-order chi connectivity index (χ1) is 43.0. The first kappa shape index (κ1) is 57.4. The monoisotopic (exact) mass is 1180 g/mol. The summed E-state index contributed by atoms with van der Waals surface area (Å²) in [5.41, 5.74) is 12.4. The quantitative estimate of drug-likeness (QED) is 0.0470. The van der Waals surface area contributed by atoms with Crippen molar-refractivity contribution in [3.8, 4) is 56.5 Å². The Morgan fingerprint density at radius 2 is 1.00 bits per heavy atom. The molecule has 0 atom stereocenters. The molecule has 0 aliphatic rings. The zero-order valence-corrected chi connectivity index (χ0v) is 47.7. The molecule has 29 heteroatoms. The molecule has 442 valence electrons. The summed E-state index contributed by atoms with van der Waals surface area (Å²) in [6.45, 7) is 7.41. The fourth-order valence-corrected chi connectivity index (χ4v) is 9.02. The molecule has 3 aromatic carbocycles. The van der Waals surface area contributed by atoms with E-state index in [0.717, 1.165) is 72.6 Å². The van der Waals surface area contributed by atoms with Gasteiger partial charge in [-0.2, -0.15) is 15.3 Å². The summed E-state index contributed by atoms with van der Waals surface area (Å²) in [4.78, 5) is 91.5. The van der Waals surface area contributed by atoms with Crippen LogP contribution in [0.1, 0.15) is 26.3 Å². The predicted octanol–water partition coefficient (Wildman–Crippen LogP) is 7.92. The van der Waals surface area contributed by atoms with Gasteiger partial charge in [0, 0.05) is 118 Å². The van der Waals surface area contributed by atoms with Gasteiger partial charge in [-0.05, 0) is 110 Å². The SMILES string of the molecule is CCNC(=O)Nc1nc2c(-n3cccn3)cc(-c3ccn(C)c(=O)c3)cc2[nH]1.CCNC(=O)Nc1nc2c(-n3cccn3)cc(-c3cnc(OCc4cccnc4)nc3)cc2[nH]1.CCNC(=O)Nc1nc2c(-n3cncn3)cc(-c3cccnc3)cc2[nH]1. The van der Waals surface area contributed by atoms with Crippen molar-refractivity contribution in [3.63, 3.8) is 0 Å². The summed E-state index contributed by atoms with van der Waals surface area (Å²) in [6, 6.07) is 25.6. The van der Waals surface area contributed by atoms with E-state index in [-0.39, 0.29) is 29.7 Å². The van der Waals surface area contributed by atoms with Crippen molar-refractivity contribution in [3.05, 3.63) is 182 Å². The molecule has 9 N–H and O–H groups in total. The lowest BCUT2D eigenvalue weighted by molar-refractivity contribution is 0.251. The Morgan fingerprint density at radius 1 is 0.500 bits per heavy atom. The van der Waals surface area contributed by atoms with E-state index in [1.807, 2.05) is 112 Å². The first-order valence-corrected chi connectivity index (χ1v) is 27.5. The van der Waals surface area contributed by atoms with Gasteiger partial charge in [-0.15, -0.1) is 0 Å². The summed E-state index contributed by atoms with van der Waals surface area (Å²) >= 11 is 0. The topological polar surface area (TPSA) is 359 Å². The van der Waals surface area contributed by atoms with E-state index in [9.17, 15) is 19.2 Å². The van der Waals surface area contributed by atoms with Crippen LogP contribution in [0, 0.1) is 0 Å². The molecule has 0 aliphatic heterocycles. The molecule has 13 rings (SSSR count). The van der Waals surface area contributed by atoms with E-state index in [4.69, 9.17) is 4.74 Å². The lowest BCUT2D eigenvalue weighted by atomic mass is 10.1. The largest absolute Gasteiger partial charge is 0.459 e. The minimum absolute atomic E-state index is 0.0959. The second-order valence-electron chi connectivity index (χ2n) is 19.1. The van der Waals surface area contributed by atoms with Gasteiger partial charge < -0.3 is 40.2 Å². The van der Waals surface area contributed by atoms with Crippen LogP contribution < -0.4 is 42.2 Å². The number of aromatic amines is 3. The summed E-state index contributed by atoms with van der Waals surface area (Å²) < 4.78 is 12.2. The van der Waals surface area contributed by atoms with Crippen LogP contribution in [-0.4, -0.2) is 126 Å². The van der Waals surface area contributed by atoms with Crippen molar-refractivity contribution in [2.45, 2.75) is 27.4 Å². The molecule has 10 heterocycles. The highest BCUT2D eigenvalue weighted by Gasteiger charge is 2.18. The maximum atomic E-state index is 12.0. The number of aryl methyl sites for hydroxylation is 1. The predicted molar refractivity (Wildman–Crippen MR) is 329 cm³/mol. The minimum atomic E-state index is -0.339. The van der Waals surface area contributed by atoms with Crippen LogP contribution in [0.15, 0.2) is 171 Å². The number of ether oxygens (including phenoxy) is 1. The van der Waals surface area contributed by atoms with Gasteiger partial charge in [0.2, 0.25) is 17.8 Å². The first-order valence-electron chi connectivity index (χ1n) is 27.5. The molecule has 0 bridgehead atoms. The number of carbonyl (C=O) groups is 3. The number of carbonyl (C=O) groups excluding carboxylic acids is 3. The van der Waals surface area contributed by atoms with Crippen LogP contribution in [0.4, 0.5) is 32.2 Å². The van der Waals surface area contributed by atoms with Crippen molar-refractivity contribution in [2.75, 3.05) is 35.6 Å². The van der Waals surface area contributed by atoms with E-state index < -0.39 is 0 Å². The Labute approximate surface area is 499 Å². The van der Waals surface area contributed by atoms with Gasteiger partial charge in [0.15, 0.2) is 0 Å². The number of anilines is 3. The second kappa shape index (κ2) is 26.4. The molecule has 0 fully saturated rings. The van der Waals surface area contributed by atoms with Gasteiger partial charge in [0.25, 0.3) is 5.56 Å². The summed E-state index contributed by atoms with van der Waals surface area (Å²) in [5.74, 6) is 1.02. The Hall–Kier alpha value is -12.4. The van der Waals surface area contributed by atoms with Gasteiger partial charge in [0.05, 0.1) is 33.6 Å². The number of pyridine rings is 3. The normalized spacial score (nSPS) is 10.9. The van der Waals surface area contributed by atoms with Crippen LogP contribution in [0.3, 0.4) is 0 Å². The van der Waals surface area contributed by atoms with Crippen LogP contribution in [0.25, 0.3) is 83.5 Å². The third kappa shape index (κ3) is 13.5. The van der Waals surface area contributed by atoms with E-state index in [1.54, 1.807) is 89.3 Å². The van der Waals surface area contributed by atoms with Crippen molar-refractivity contribution in [1.29, 1.82) is 0 Å². The number of urea groups is 3. The number of hydrogen-bond acceptors (Lipinski definition) is 16. The number of benzene rings is 3.